The second-order valence-corrected chi connectivity index (χ2v) is 4.73. The van der Waals surface area contributed by atoms with Gasteiger partial charge in [-0.15, -0.1) is 0 Å². The normalized spacial score (nSPS) is 13.3. The smallest absolute Gasteiger partial charge is 0.382 e. The van der Waals surface area contributed by atoms with Gasteiger partial charge in [-0.25, -0.2) is 0 Å². The van der Waals surface area contributed by atoms with E-state index in [1.807, 2.05) is 0 Å². The third-order valence-corrected chi connectivity index (χ3v) is 3.06. The zero-order valence-electron chi connectivity index (χ0n) is 9.70. The molecule has 0 radical (unpaired) electrons. The van der Waals surface area contributed by atoms with Crippen molar-refractivity contribution in [3.05, 3.63) is 57.6 Å². The minimum absolute atomic E-state index is 0.0259. The van der Waals surface area contributed by atoms with Crippen LogP contribution < -0.4 is 0 Å². The molecule has 0 aliphatic rings. The Morgan fingerprint density at radius 1 is 1.20 bits per heavy atom. The van der Waals surface area contributed by atoms with Crippen LogP contribution in [0.4, 0.5) is 13.2 Å². The molecular formula is C12H7Cl2F3N2O. The molecule has 20 heavy (non-hydrogen) atoms. The first-order valence-electron chi connectivity index (χ1n) is 5.31. The van der Waals surface area contributed by atoms with E-state index in [4.69, 9.17) is 23.2 Å². The summed E-state index contributed by atoms with van der Waals surface area (Å²) in [6.07, 6.45) is -3.14. The van der Waals surface area contributed by atoms with Crippen LogP contribution in [-0.4, -0.2) is 15.1 Å². The SMILES string of the molecule is OC(c1cnccc1C(F)(F)F)c1ncc(Cl)cc1Cl. The lowest BCUT2D eigenvalue weighted by Crippen LogP contribution is -2.14. The Morgan fingerprint density at radius 2 is 1.90 bits per heavy atom. The molecule has 0 spiro atoms. The van der Waals surface area contributed by atoms with Gasteiger partial charge in [-0.2, -0.15) is 13.2 Å². The molecule has 0 saturated carbocycles. The summed E-state index contributed by atoms with van der Waals surface area (Å²) in [5, 5.41) is 10.3. The average molecular weight is 323 g/mol. The molecule has 2 aromatic heterocycles. The fourth-order valence-corrected chi connectivity index (χ4v) is 2.14. The summed E-state index contributed by atoms with van der Waals surface area (Å²) in [4.78, 5) is 7.36. The number of alkyl halides is 3. The minimum atomic E-state index is -4.61. The van der Waals surface area contributed by atoms with Gasteiger partial charge in [0, 0.05) is 24.2 Å². The summed E-state index contributed by atoms with van der Waals surface area (Å²) in [6.45, 7) is 0. The molecule has 0 amide bonds. The Labute approximate surface area is 122 Å². The number of aliphatic hydroxyl groups is 1. The molecule has 0 aliphatic heterocycles. The lowest BCUT2D eigenvalue weighted by molar-refractivity contribution is -0.139. The van der Waals surface area contributed by atoms with E-state index in [-0.39, 0.29) is 15.7 Å². The van der Waals surface area contributed by atoms with E-state index in [0.717, 1.165) is 18.5 Å². The Morgan fingerprint density at radius 3 is 2.50 bits per heavy atom. The highest BCUT2D eigenvalue weighted by Gasteiger charge is 2.36. The van der Waals surface area contributed by atoms with Crippen LogP contribution >= 0.6 is 23.2 Å². The van der Waals surface area contributed by atoms with Gasteiger partial charge in [0.15, 0.2) is 0 Å². The molecule has 2 aromatic rings. The molecule has 0 saturated heterocycles. The van der Waals surface area contributed by atoms with Crippen molar-refractivity contribution in [2.45, 2.75) is 12.3 Å². The first kappa shape index (κ1) is 15.0. The molecule has 0 aromatic carbocycles. The lowest BCUT2D eigenvalue weighted by Gasteiger charge is -2.17. The van der Waals surface area contributed by atoms with Crippen LogP contribution in [0.15, 0.2) is 30.7 Å². The standard InChI is InChI=1S/C12H7Cl2F3N2O/c13-6-3-9(14)10(19-4-6)11(20)7-5-18-2-1-8(7)12(15,16)17/h1-5,11,20H. The molecule has 1 unspecified atom stereocenters. The molecule has 1 N–H and O–H groups in total. The number of halogens is 5. The van der Waals surface area contributed by atoms with Crippen LogP contribution in [0.1, 0.15) is 22.9 Å². The molecule has 1 atom stereocenters. The van der Waals surface area contributed by atoms with Crippen molar-refractivity contribution in [1.82, 2.24) is 9.97 Å². The number of aromatic nitrogens is 2. The van der Waals surface area contributed by atoms with Crippen LogP contribution in [0.2, 0.25) is 10.0 Å². The van der Waals surface area contributed by atoms with Crippen molar-refractivity contribution in [2.75, 3.05) is 0 Å². The van der Waals surface area contributed by atoms with E-state index >= 15 is 0 Å². The number of aliphatic hydroxyl groups excluding tert-OH is 1. The molecule has 0 bridgehead atoms. The fraction of sp³-hybridized carbons (Fsp3) is 0.167. The van der Waals surface area contributed by atoms with E-state index in [1.165, 1.54) is 12.3 Å². The monoisotopic (exact) mass is 322 g/mol. The molecule has 8 heteroatoms. The first-order chi connectivity index (χ1) is 9.30. The summed E-state index contributed by atoms with van der Waals surface area (Å²) in [5.41, 5.74) is -1.53. The summed E-state index contributed by atoms with van der Waals surface area (Å²) in [5.74, 6) is 0. The summed E-state index contributed by atoms with van der Waals surface area (Å²) < 4.78 is 38.6. The van der Waals surface area contributed by atoms with Crippen molar-refractivity contribution < 1.29 is 18.3 Å². The maximum absolute atomic E-state index is 12.9. The minimum Gasteiger partial charge on any atom is -0.382 e. The Kier molecular flexibility index (Phi) is 4.17. The van der Waals surface area contributed by atoms with Crippen LogP contribution in [0.3, 0.4) is 0 Å². The first-order valence-corrected chi connectivity index (χ1v) is 6.06. The number of hydrogen-bond donors (Lipinski definition) is 1. The number of rotatable bonds is 2. The summed E-state index contributed by atoms with van der Waals surface area (Å²) in [7, 11) is 0. The number of hydrogen-bond acceptors (Lipinski definition) is 3. The van der Waals surface area contributed by atoms with Crippen LogP contribution in [-0.2, 0) is 6.18 Å². The molecule has 2 heterocycles. The molecular weight excluding hydrogens is 316 g/mol. The van der Waals surface area contributed by atoms with E-state index in [0.29, 0.717) is 0 Å². The Balaban J connectivity index is 2.51. The summed E-state index contributed by atoms with van der Waals surface area (Å²) in [6, 6.07) is 2.07. The van der Waals surface area contributed by atoms with Crippen molar-refractivity contribution >= 4 is 23.2 Å². The third kappa shape index (κ3) is 3.03. The Bertz CT molecular complexity index is 634. The number of pyridine rings is 2. The fourth-order valence-electron chi connectivity index (χ4n) is 1.66. The van der Waals surface area contributed by atoms with Gasteiger partial charge in [-0.3, -0.25) is 9.97 Å². The van der Waals surface area contributed by atoms with Gasteiger partial charge in [0.05, 0.1) is 21.3 Å². The second-order valence-electron chi connectivity index (χ2n) is 3.88. The van der Waals surface area contributed by atoms with Gasteiger partial charge >= 0.3 is 6.18 Å². The molecule has 0 fully saturated rings. The zero-order valence-corrected chi connectivity index (χ0v) is 11.2. The van der Waals surface area contributed by atoms with E-state index < -0.39 is 23.4 Å². The van der Waals surface area contributed by atoms with Gasteiger partial charge in [0.25, 0.3) is 0 Å². The van der Waals surface area contributed by atoms with Crippen molar-refractivity contribution in [1.29, 1.82) is 0 Å². The Hall–Kier alpha value is -1.37. The topological polar surface area (TPSA) is 46.0 Å². The predicted molar refractivity (Wildman–Crippen MR) is 67.6 cm³/mol. The number of nitrogens with zero attached hydrogens (tertiary/aromatic N) is 2. The molecule has 2 rings (SSSR count). The van der Waals surface area contributed by atoms with E-state index in [9.17, 15) is 18.3 Å². The highest BCUT2D eigenvalue weighted by molar-refractivity contribution is 6.34. The highest BCUT2D eigenvalue weighted by atomic mass is 35.5. The molecule has 0 aliphatic carbocycles. The van der Waals surface area contributed by atoms with Gasteiger partial charge in [-0.05, 0) is 12.1 Å². The van der Waals surface area contributed by atoms with Crippen molar-refractivity contribution in [3.63, 3.8) is 0 Å². The van der Waals surface area contributed by atoms with Gasteiger partial charge in [0.1, 0.15) is 6.10 Å². The highest BCUT2D eigenvalue weighted by Crippen LogP contribution is 2.37. The third-order valence-electron chi connectivity index (χ3n) is 2.55. The van der Waals surface area contributed by atoms with Crippen LogP contribution in [0, 0.1) is 0 Å². The maximum atomic E-state index is 12.9. The van der Waals surface area contributed by atoms with Crippen LogP contribution in [0.25, 0.3) is 0 Å². The van der Waals surface area contributed by atoms with Gasteiger partial charge in [0.2, 0.25) is 0 Å². The molecule has 3 nitrogen and oxygen atoms in total. The van der Waals surface area contributed by atoms with E-state index in [2.05, 4.69) is 9.97 Å². The predicted octanol–water partition coefficient (Wildman–Crippen LogP) is 3.88. The quantitative estimate of drug-likeness (QED) is 0.912. The largest absolute Gasteiger partial charge is 0.416 e. The lowest BCUT2D eigenvalue weighted by atomic mass is 10.0. The van der Waals surface area contributed by atoms with Gasteiger partial charge in [-0.1, -0.05) is 23.2 Å². The van der Waals surface area contributed by atoms with E-state index in [1.54, 1.807) is 0 Å². The summed E-state index contributed by atoms with van der Waals surface area (Å²) >= 11 is 11.5. The average Bonchev–Trinajstić information content (AvgIpc) is 2.37. The second kappa shape index (κ2) is 5.55. The maximum Gasteiger partial charge on any atom is 0.416 e. The van der Waals surface area contributed by atoms with Crippen LogP contribution in [0.5, 0.6) is 0 Å². The van der Waals surface area contributed by atoms with Crippen molar-refractivity contribution in [2.24, 2.45) is 0 Å². The van der Waals surface area contributed by atoms with Crippen molar-refractivity contribution in [3.8, 4) is 0 Å². The van der Waals surface area contributed by atoms with Gasteiger partial charge < -0.3 is 5.11 Å². The molecule has 106 valence electrons. The zero-order chi connectivity index (χ0) is 14.9.